The van der Waals surface area contributed by atoms with E-state index in [9.17, 15) is 22.2 Å². The van der Waals surface area contributed by atoms with Gasteiger partial charge in [0.2, 0.25) is 0 Å². The Hall–Kier alpha value is -2.92. The molecule has 2 heterocycles. The predicted molar refractivity (Wildman–Crippen MR) is 214 cm³/mol. The zero-order valence-electron chi connectivity index (χ0n) is 33.7. The first-order valence-corrected chi connectivity index (χ1v) is 22.9. The summed E-state index contributed by atoms with van der Waals surface area (Å²) < 4.78 is 45.3. The van der Waals surface area contributed by atoms with E-state index >= 15 is 0 Å². The molecule has 1 unspecified atom stereocenters. The van der Waals surface area contributed by atoms with E-state index in [1.165, 1.54) is 43.1 Å². The third-order valence-corrected chi connectivity index (χ3v) is 11.9. The molecular weight excluding hydrogens is 709 g/mol. The topological polar surface area (TPSA) is 110 Å². The van der Waals surface area contributed by atoms with Gasteiger partial charge in [0.25, 0.3) is 0 Å². The van der Waals surface area contributed by atoms with Gasteiger partial charge in [0.05, 0.1) is 4.90 Å². The maximum Gasteiger partial charge on any atom is 0.410 e. The Morgan fingerprint density at radius 3 is 1.34 bits per heavy atom. The van der Waals surface area contributed by atoms with E-state index in [-0.39, 0.29) is 12.2 Å². The number of amides is 2. The molecule has 2 amide bonds. The summed E-state index contributed by atoms with van der Waals surface area (Å²) in [5, 5.41) is 0. The van der Waals surface area contributed by atoms with Crippen molar-refractivity contribution in [3.63, 3.8) is 0 Å². The molecule has 9 nitrogen and oxygen atoms in total. The van der Waals surface area contributed by atoms with Gasteiger partial charge in [-0.25, -0.2) is 18.0 Å². The molecule has 1 atom stereocenters. The molecule has 2 aliphatic rings. The molecule has 2 aliphatic heterocycles. The van der Waals surface area contributed by atoms with Gasteiger partial charge in [0.1, 0.15) is 11.2 Å². The highest BCUT2D eigenvalue weighted by atomic mass is 32.2. The van der Waals surface area contributed by atoms with Gasteiger partial charge in [-0.15, -0.1) is 0 Å². The molecule has 298 valence electrons. The van der Waals surface area contributed by atoms with Crippen LogP contribution in [0.3, 0.4) is 0 Å². The Labute approximate surface area is 323 Å². The lowest BCUT2D eigenvalue weighted by atomic mass is 9.91. The predicted octanol–water partition coefficient (Wildman–Crippen LogP) is 9.23. The maximum atomic E-state index is 12.1. The van der Waals surface area contributed by atoms with E-state index in [1.54, 1.807) is 18.4 Å². The van der Waals surface area contributed by atoms with E-state index in [0.717, 1.165) is 88.4 Å². The largest absolute Gasteiger partial charge is 0.444 e. The molecule has 0 spiro atoms. The number of carbonyl (C=O) groups is 2. The lowest BCUT2D eigenvalue weighted by molar-refractivity contribution is 0.0170. The monoisotopic (exact) mass is 774 g/mol. The first-order valence-electron chi connectivity index (χ1n) is 19.5. The van der Waals surface area contributed by atoms with Crippen molar-refractivity contribution in [3.05, 3.63) is 59.7 Å². The molecular formula is C42H66N2O7S2. The van der Waals surface area contributed by atoms with Crippen molar-refractivity contribution in [1.82, 2.24) is 9.80 Å². The summed E-state index contributed by atoms with van der Waals surface area (Å²) in [4.78, 5) is 29.1. The van der Waals surface area contributed by atoms with E-state index in [1.807, 2.05) is 75.6 Å². The summed E-state index contributed by atoms with van der Waals surface area (Å²) in [6.45, 7) is 14.6. The maximum absolute atomic E-state index is 12.1. The zero-order chi connectivity index (χ0) is 39.2. The summed E-state index contributed by atoms with van der Waals surface area (Å²) in [5.41, 5.74) is 1.65. The average Bonchev–Trinajstić information content (AvgIpc) is 3.08. The van der Waals surface area contributed by atoms with Crippen LogP contribution >= 0.6 is 0 Å². The SMILES string of the molecule is CC(C)(C)OC(=O)N1CCC(CCCCc2ccc(S(C)(=O)=O)cc2)CC1.CS(=O)c1ccc(CCCCC2CCN(C(=O)OC(C)(C)C)CC2)cc1. The summed E-state index contributed by atoms with van der Waals surface area (Å²) in [7, 11) is -4.01. The van der Waals surface area contributed by atoms with Crippen LogP contribution in [0.4, 0.5) is 9.59 Å². The molecule has 0 bridgehead atoms. The summed E-state index contributed by atoms with van der Waals surface area (Å²) in [5.74, 6) is 1.40. The molecule has 0 aliphatic carbocycles. The van der Waals surface area contributed by atoms with E-state index < -0.39 is 31.8 Å². The van der Waals surface area contributed by atoms with Crippen LogP contribution in [0, 0.1) is 11.8 Å². The van der Waals surface area contributed by atoms with Gasteiger partial charge in [-0.1, -0.05) is 49.9 Å². The number of hydrogen-bond donors (Lipinski definition) is 0. The Kier molecular flexibility index (Phi) is 17.3. The van der Waals surface area contributed by atoms with Gasteiger partial charge in [0.15, 0.2) is 9.84 Å². The molecule has 2 aromatic carbocycles. The number of aryl methyl sites for hydroxylation is 2. The number of unbranched alkanes of at least 4 members (excludes halogenated alkanes) is 2. The van der Waals surface area contributed by atoms with Gasteiger partial charge in [-0.3, -0.25) is 4.21 Å². The number of rotatable bonds is 12. The summed E-state index contributed by atoms with van der Waals surface area (Å²) >= 11 is 0. The van der Waals surface area contributed by atoms with Crippen molar-refractivity contribution in [2.24, 2.45) is 11.8 Å². The van der Waals surface area contributed by atoms with Crippen LogP contribution in [-0.2, 0) is 43.0 Å². The Bertz CT molecular complexity index is 1550. The Morgan fingerprint density at radius 2 is 1.02 bits per heavy atom. The fourth-order valence-corrected chi connectivity index (χ4v) is 7.89. The van der Waals surface area contributed by atoms with Crippen LogP contribution in [0.15, 0.2) is 58.3 Å². The summed E-state index contributed by atoms with van der Waals surface area (Å²) in [6.07, 6.45) is 16.0. The molecule has 2 fully saturated rings. The van der Waals surface area contributed by atoms with Gasteiger partial charge < -0.3 is 19.3 Å². The summed E-state index contributed by atoms with van der Waals surface area (Å²) in [6, 6.07) is 15.3. The zero-order valence-corrected chi connectivity index (χ0v) is 35.3. The Morgan fingerprint density at radius 1 is 0.660 bits per heavy atom. The lowest BCUT2D eigenvalue weighted by Crippen LogP contribution is -2.41. The number of benzene rings is 2. The second kappa shape index (κ2) is 20.7. The van der Waals surface area contributed by atoms with Crippen molar-refractivity contribution >= 4 is 32.8 Å². The highest BCUT2D eigenvalue weighted by Crippen LogP contribution is 2.26. The van der Waals surface area contributed by atoms with Crippen LogP contribution < -0.4 is 0 Å². The van der Waals surface area contributed by atoms with Crippen LogP contribution in [-0.4, -0.2) is 84.5 Å². The number of piperidine rings is 2. The number of likely N-dealkylation sites (tertiary alicyclic amines) is 2. The first kappa shape index (κ1) is 44.5. The average molecular weight is 775 g/mol. The molecule has 0 aromatic heterocycles. The fraction of sp³-hybridized carbons (Fsp3) is 0.667. The van der Waals surface area contributed by atoms with Gasteiger partial charge in [0, 0.05) is 54.4 Å². The Balaban J connectivity index is 0.000000286. The number of nitrogens with zero attached hydrogens (tertiary/aromatic N) is 2. The van der Waals surface area contributed by atoms with Crippen molar-refractivity contribution in [2.75, 3.05) is 38.7 Å². The van der Waals surface area contributed by atoms with Crippen molar-refractivity contribution in [3.8, 4) is 0 Å². The molecule has 0 saturated carbocycles. The minimum Gasteiger partial charge on any atom is -0.444 e. The third-order valence-electron chi connectivity index (χ3n) is 9.79. The fourth-order valence-electron chi connectivity index (χ4n) is 6.74. The smallest absolute Gasteiger partial charge is 0.410 e. The number of hydrogen-bond acceptors (Lipinski definition) is 7. The number of carbonyl (C=O) groups excluding carboxylic acids is 2. The second-order valence-corrected chi connectivity index (χ2v) is 20.2. The highest BCUT2D eigenvalue weighted by molar-refractivity contribution is 7.90. The first-order chi connectivity index (χ1) is 24.8. The van der Waals surface area contributed by atoms with E-state index in [4.69, 9.17) is 9.47 Å². The van der Waals surface area contributed by atoms with Gasteiger partial charge >= 0.3 is 12.2 Å². The van der Waals surface area contributed by atoms with Gasteiger partial charge in [-0.05, 0) is 140 Å². The molecule has 2 saturated heterocycles. The highest BCUT2D eigenvalue weighted by Gasteiger charge is 2.28. The number of sulfone groups is 1. The molecule has 53 heavy (non-hydrogen) atoms. The van der Waals surface area contributed by atoms with Crippen LogP contribution in [0.1, 0.15) is 117 Å². The second-order valence-electron chi connectivity index (χ2n) is 16.8. The molecule has 0 N–H and O–H groups in total. The third kappa shape index (κ3) is 17.4. The lowest BCUT2D eigenvalue weighted by Gasteiger charge is -2.33. The van der Waals surface area contributed by atoms with Crippen molar-refractivity contribution in [2.45, 2.75) is 140 Å². The van der Waals surface area contributed by atoms with Gasteiger partial charge in [-0.2, -0.15) is 0 Å². The normalized spacial score (nSPS) is 16.8. The molecule has 11 heteroatoms. The van der Waals surface area contributed by atoms with E-state index in [0.29, 0.717) is 10.8 Å². The minimum absolute atomic E-state index is 0.174. The standard InChI is InChI=1S/C21H33NO4S.C21H33NO3S/c1-21(2,3)26-20(23)22-15-13-18(14-16-22)8-6-5-7-17-9-11-19(12-10-17)27(4,24)25;1-21(2,3)25-20(23)22-15-13-18(14-16-22)8-6-5-7-17-9-11-19(12-10-17)26(4)24/h9-12,18H,5-8,13-16H2,1-4H3;9-12,18H,5-8,13-16H2,1-4H3. The number of ether oxygens (including phenoxy) is 2. The van der Waals surface area contributed by atoms with Crippen LogP contribution in [0.2, 0.25) is 0 Å². The van der Waals surface area contributed by atoms with Crippen molar-refractivity contribution in [1.29, 1.82) is 0 Å². The quantitative estimate of drug-likeness (QED) is 0.198. The van der Waals surface area contributed by atoms with Crippen LogP contribution in [0.5, 0.6) is 0 Å². The van der Waals surface area contributed by atoms with Crippen molar-refractivity contribution < 1.29 is 31.7 Å². The van der Waals surface area contributed by atoms with E-state index in [2.05, 4.69) is 12.1 Å². The molecule has 4 rings (SSSR count). The molecule has 2 aromatic rings. The minimum atomic E-state index is -3.12. The van der Waals surface area contributed by atoms with Crippen LogP contribution in [0.25, 0.3) is 0 Å². The molecule has 0 radical (unpaired) electrons.